The van der Waals surface area contributed by atoms with Crippen LogP contribution in [-0.2, 0) is 16.5 Å². The van der Waals surface area contributed by atoms with Crippen molar-refractivity contribution in [3.05, 3.63) is 63.5 Å². The average molecular weight is 476 g/mol. The molecule has 2 aromatic rings. The molecule has 5 rings (SSSR count). The molecule has 2 aliphatic carbocycles. The zero-order valence-corrected chi connectivity index (χ0v) is 20.0. The van der Waals surface area contributed by atoms with Gasteiger partial charge >= 0.3 is 6.18 Å². The van der Waals surface area contributed by atoms with Crippen LogP contribution in [0.25, 0.3) is 0 Å². The van der Waals surface area contributed by atoms with Gasteiger partial charge in [0.2, 0.25) is 0 Å². The number of ether oxygens (including phenoxy) is 1. The third-order valence-electron chi connectivity index (χ3n) is 7.94. The maximum Gasteiger partial charge on any atom is 0.416 e. The molecule has 1 spiro atoms. The van der Waals surface area contributed by atoms with Crippen molar-refractivity contribution in [1.82, 2.24) is 4.98 Å². The third-order valence-corrected chi connectivity index (χ3v) is 7.94. The van der Waals surface area contributed by atoms with Crippen molar-refractivity contribution < 1.29 is 28.1 Å². The first-order valence-electron chi connectivity index (χ1n) is 12.1. The van der Waals surface area contributed by atoms with Crippen LogP contribution in [0, 0.1) is 5.41 Å². The predicted molar refractivity (Wildman–Crippen MR) is 121 cm³/mol. The molecule has 184 valence electrons. The minimum atomic E-state index is -4.41. The molecule has 0 bridgehead atoms. The summed E-state index contributed by atoms with van der Waals surface area (Å²) in [5.41, 5.74) is 2.56. The molecule has 0 radical (unpaired) electrons. The van der Waals surface area contributed by atoms with E-state index in [0.29, 0.717) is 23.2 Å². The number of halogens is 3. The summed E-state index contributed by atoms with van der Waals surface area (Å²) in [5, 5.41) is 22.5. The van der Waals surface area contributed by atoms with Gasteiger partial charge in [-0.25, -0.2) is 0 Å². The number of pyridine rings is 1. The van der Waals surface area contributed by atoms with Crippen LogP contribution in [0.15, 0.2) is 24.3 Å². The molecule has 2 N–H and O–H groups in total. The quantitative estimate of drug-likeness (QED) is 0.513. The fourth-order valence-electron chi connectivity index (χ4n) is 6.21. The summed E-state index contributed by atoms with van der Waals surface area (Å²) in [6.45, 7) is 7.91. The molecule has 7 heteroatoms. The van der Waals surface area contributed by atoms with Crippen LogP contribution in [0.5, 0.6) is 0 Å². The Balaban J connectivity index is 1.76. The molecule has 3 aliphatic rings. The zero-order chi connectivity index (χ0) is 24.6. The zero-order valence-electron chi connectivity index (χ0n) is 20.0. The van der Waals surface area contributed by atoms with Crippen LogP contribution >= 0.6 is 0 Å². The maximum absolute atomic E-state index is 13.2. The molecule has 4 nitrogen and oxygen atoms in total. The lowest BCUT2D eigenvalue weighted by Crippen LogP contribution is -2.35. The van der Waals surface area contributed by atoms with Gasteiger partial charge < -0.3 is 14.9 Å². The molecule has 2 heterocycles. The normalized spacial score (nSPS) is 27.3. The first-order chi connectivity index (χ1) is 15.9. The summed E-state index contributed by atoms with van der Waals surface area (Å²) < 4.78 is 46.3. The molecule has 1 aromatic carbocycles. The highest BCUT2D eigenvalue weighted by Crippen LogP contribution is 2.60. The van der Waals surface area contributed by atoms with Crippen molar-refractivity contribution in [3.8, 4) is 0 Å². The van der Waals surface area contributed by atoms with Crippen molar-refractivity contribution in [3.63, 3.8) is 0 Å². The van der Waals surface area contributed by atoms with Crippen LogP contribution in [0.2, 0.25) is 0 Å². The predicted octanol–water partition coefficient (Wildman–Crippen LogP) is 6.61. The van der Waals surface area contributed by atoms with E-state index < -0.39 is 41.1 Å². The number of hydrogen-bond donors (Lipinski definition) is 2. The summed E-state index contributed by atoms with van der Waals surface area (Å²) in [7, 11) is 0. The topological polar surface area (TPSA) is 62.6 Å². The molecule has 3 atom stereocenters. The lowest BCUT2D eigenvalue weighted by molar-refractivity contribution is -0.137. The molecule has 1 aromatic heterocycles. The Morgan fingerprint density at radius 1 is 1.03 bits per heavy atom. The van der Waals surface area contributed by atoms with Gasteiger partial charge in [-0.15, -0.1) is 0 Å². The van der Waals surface area contributed by atoms with Gasteiger partial charge in [-0.05, 0) is 53.9 Å². The van der Waals surface area contributed by atoms with Gasteiger partial charge in [-0.2, -0.15) is 13.2 Å². The standard InChI is InChI=1S/C27H32F3NO3/c1-14(2)21-19-20(18-17(32)13-25(3,4)24(33)22(18)31-21)26(11-5-6-12-26)34-23(19)15-7-9-16(10-8-15)27(28,29)30/h7-10,14,17,23-24,32-33H,5-6,11-13H2,1-4H3. The molecular weight excluding hydrogens is 443 g/mol. The van der Waals surface area contributed by atoms with Crippen LogP contribution in [0.3, 0.4) is 0 Å². The lowest BCUT2D eigenvalue weighted by atomic mass is 9.69. The summed E-state index contributed by atoms with van der Waals surface area (Å²) in [6, 6.07) is 5.17. The first kappa shape index (κ1) is 23.8. The fourth-order valence-corrected chi connectivity index (χ4v) is 6.21. The molecular formula is C27H32F3NO3. The Labute approximate surface area is 198 Å². The number of rotatable bonds is 2. The van der Waals surface area contributed by atoms with Crippen molar-refractivity contribution >= 4 is 0 Å². The summed E-state index contributed by atoms with van der Waals surface area (Å²) in [5.74, 6) is 0.00512. The van der Waals surface area contributed by atoms with Crippen LogP contribution < -0.4 is 0 Å². The summed E-state index contributed by atoms with van der Waals surface area (Å²) in [6.07, 6.45) is -2.69. The van der Waals surface area contributed by atoms with E-state index >= 15 is 0 Å². The van der Waals surface area contributed by atoms with Gasteiger partial charge in [0.15, 0.2) is 0 Å². The van der Waals surface area contributed by atoms with Crippen molar-refractivity contribution in [2.75, 3.05) is 0 Å². The lowest BCUT2D eigenvalue weighted by Gasteiger charge is -2.41. The van der Waals surface area contributed by atoms with Gasteiger partial charge in [0.1, 0.15) is 12.2 Å². The van der Waals surface area contributed by atoms with E-state index in [2.05, 4.69) is 0 Å². The van der Waals surface area contributed by atoms with E-state index in [9.17, 15) is 23.4 Å². The molecule has 1 aliphatic heterocycles. The number of aliphatic hydroxyl groups excluding tert-OH is 2. The van der Waals surface area contributed by atoms with E-state index in [4.69, 9.17) is 9.72 Å². The van der Waals surface area contributed by atoms with Crippen molar-refractivity contribution in [1.29, 1.82) is 0 Å². The Morgan fingerprint density at radius 3 is 2.21 bits per heavy atom. The molecule has 1 saturated carbocycles. The van der Waals surface area contributed by atoms with Crippen LogP contribution in [0.4, 0.5) is 13.2 Å². The number of hydrogen-bond acceptors (Lipinski definition) is 4. The third kappa shape index (κ3) is 3.50. The van der Waals surface area contributed by atoms with Crippen molar-refractivity contribution in [2.45, 2.75) is 95.8 Å². The van der Waals surface area contributed by atoms with Gasteiger partial charge in [0, 0.05) is 16.8 Å². The number of alkyl halides is 3. The Morgan fingerprint density at radius 2 is 1.65 bits per heavy atom. The van der Waals surface area contributed by atoms with E-state index in [1.54, 1.807) is 0 Å². The summed E-state index contributed by atoms with van der Waals surface area (Å²) in [4.78, 5) is 4.93. The second-order valence-corrected chi connectivity index (χ2v) is 11.2. The Kier molecular flexibility index (Phi) is 5.43. The largest absolute Gasteiger partial charge is 0.416 e. The van der Waals surface area contributed by atoms with Crippen molar-refractivity contribution in [2.24, 2.45) is 5.41 Å². The summed E-state index contributed by atoms with van der Waals surface area (Å²) >= 11 is 0. The second-order valence-electron chi connectivity index (χ2n) is 11.2. The minimum Gasteiger partial charge on any atom is -0.388 e. The molecule has 0 amide bonds. The molecule has 0 saturated heterocycles. The second kappa shape index (κ2) is 7.77. The van der Waals surface area contributed by atoms with Gasteiger partial charge in [0.05, 0.1) is 23.0 Å². The van der Waals surface area contributed by atoms with Gasteiger partial charge in [-0.1, -0.05) is 52.7 Å². The van der Waals surface area contributed by atoms with E-state index in [0.717, 1.165) is 54.6 Å². The first-order valence-corrected chi connectivity index (χ1v) is 12.1. The van der Waals surface area contributed by atoms with Crippen LogP contribution in [-0.4, -0.2) is 15.2 Å². The molecule has 34 heavy (non-hydrogen) atoms. The highest BCUT2D eigenvalue weighted by atomic mass is 19.4. The van der Waals surface area contributed by atoms with Crippen LogP contribution in [0.1, 0.15) is 123 Å². The molecule has 3 unspecified atom stereocenters. The Hall–Kier alpha value is -1.96. The van der Waals surface area contributed by atoms with Gasteiger partial charge in [-0.3, -0.25) is 4.98 Å². The number of aromatic nitrogens is 1. The van der Waals surface area contributed by atoms with Gasteiger partial charge in [0.25, 0.3) is 0 Å². The monoisotopic (exact) mass is 475 g/mol. The number of aliphatic hydroxyl groups is 2. The average Bonchev–Trinajstić information content (AvgIpc) is 3.36. The number of nitrogens with zero attached hydrogens (tertiary/aromatic N) is 1. The Bertz CT molecular complexity index is 1100. The SMILES string of the molecule is CC(C)c1nc2c(c3c1C(c1ccc(C(F)(F)F)cc1)OC31CCCC1)C(O)CC(C)(C)C2O. The highest BCUT2D eigenvalue weighted by molar-refractivity contribution is 5.55. The highest BCUT2D eigenvalue weighted by Gasteiger charge is 2.54. The number of benzene rings is 1. The van der Waals surface area contributed by atoms with E-state index in [1.165, 1.54) is 12.1 Å². The minimum absolute atomic E-state index is 0.00512. The maximum atomic E-state index is 13.2. The molecule has 1 fully saturated rings. The smallest absolute Gasteiger partial charge is 0.388 e. The van der Waals surface area contributed by atoms with E-state index in [1.807, 2.05) is 27.7 Å². The fraction of sp³-hybridized carbons (Fsp3) is 0.593. The van der Waals surface area contributed by atoms with E-state index in [-0.39, 0.29) is 5.92 Å². The number of fused-ring (bicyclic) bond motifs is 4.